The van der Waals surface area contributed by atoms with Crippen molar-refractivity contribution in [2.45, 2.75) is 20.3 Å². The number of fused-ring (bicyclic) bond motifs is 4. The van der Waals surface area contributed by atoms with Gasteiger partial charge in [-0.3, -0.25) is 4.79 Å². The summed E-state index contributed by atoms with van der Waals surface area (Å²) in [7, 11) is 0. The van der Waals surface area contributed by atoms with Gasteiger partial charge in [0.2, 0.25) is 0 Å². The summed E-state index contributed by atoms with van der Waals surface area (Å²) in [4.78, 5) is 12.3. The first-order valence-electron chi connectivity index (χ1n) is 8.26. The molecule has 1 aliphatic heterocycles. The van der Waals surface area contributed by atoms with Crippen molar-refractivity contribution in [2.24, 2.45) is 0 Å². The fourth-order valence-electron chi connectivity index (χ4n) is 3.63. The fraction of sp³-hybridized carbons (Fsp3) is 0.190. The van der Waals surface area contributed by atoms with Crippen molar-refractivity contribution in [3.63, 3.8) is 0 Å². The highest BCUT2D eigenvalue weighted by Crippen LogP contribution is 2.38. The van der Waals surface area contributed by atoms with Crippen LogP contribution in [-0.4, -0.2) is 12.5 Å². The predicted octanol–water partition coefficient (Wildman–Crippen LogP) is 5.20. The van der Waals surface area contributed by atoms with Crippen molar-refractivity contribution in [2.75, 3.05) is 6.54 Å². The lowest BCUT2D eigenvalue weighted by Crippen LogP contribution is -2.23. The summed E-state index contributed by atoms with van der Waals surface area (Å²) in [5, 5.41) is 5.62. The minimum atomic E-state index is -0.221. The van der Waals surface area contributed by atoms with Gasteiger partial charge in [0.15, 0.2) is 0 Å². The number of rotatable bonds is 1. The summed E-state index contributed by atoms with van der Waals surface area (Å²) >= 11 is 6.39. The van der Waals surface area contributed by atoms with E-state index in [9.17, 15) is 9.18 Å². The average Bonchev–Trinajstić information content (AvgIpc) is 2.75. The summed E-state index contributed by atoms with van der Waals surface area (Å²) in [6, 6.07) is 10.9. The number of hydrogen-bond donors (Lipinski definition) is 1. The molecule has 0 atom stereocenters. The second kappa shape index (κ2) is 5.85. The van der Waals surface area contributed by atoms with Crippen LogP contribution >= 0.6 is 11.6 Å². The molecule has 0 saturated carbocycles. The van der Waals surface area contributed by atoms with Gasteiger partial charge in [0.1, 0.15) is 5.82 Å². The summed E-state index contributed by atoms with van der Waals surface area (Å²) in [5.41, 5.74) is 5.23. The molecule has 4 rings (SSSR count). The molecule has 25 heavy (non-hydrogen) atoms. The van der Waals surface area contributed by atoms with Crippen molar-refractivity contribution < 1.29 is 9.18 Å². The molecule has 0 unspecified atom stereocenters. The van der Waals surface area contributed by atoms with Crippen LogP contribution in [0.4, 0.5) is 4.39 Å². The monoisotopic (exact) mass is 353 g/mol. The Kier molecular flexibility index (Phi) is 3.77. The minimum absolute atomic E-state index is 0.0442. The zero-order chi connectivity index (χ0) is 17.7. The van der Waals surface area contributed by atoms with E-state index >= 15 is 0 Å². The molecule has 0 fully saturated rings. The number of nitrogens with one attached hydrogen (secondary N) is 1. The Morgan fingerprint density at radius 2 is 1.88 bits per heavy atom. The number of halogens is 2. The second-order valence-electron chi connectivity index (χ2n) is 6.55. The quantitative estimate of drug-likeness (QED) is 0.640. The lowest BCUT2D eigenvalue weighted by Gasteiger charge is -2.16. The second-order valence-corrected chi connectivity index (χ2v) is 6.99. The van der Waals surface area contributed by atoms with Crippen LogP contribution in [0.3, 0.4) is 0 Å². The van der Waals surface area contributed by atoms with E-state index in [4.69, 9.17) is 11.6 Å². The van der Waals surface area contributed by atoms with Gasteiger partial charge < -0.3 is 5.32 Å². The summed E-state index contributed by atoms with van der Waals surface area (Å²) in [6.45, 7) is 4.31. The molecule has 0 aliphatic carbocycles. The van der Waals surface area contributed by atoms with Crippen LogP contribution in [0.5, 0.6) is 0 Å². The highest BCUT2D eigenvalue weighted by atomic mass is 35.5. The SMILES string of the molecule is Cc1cc(-c2cc(Cl)cc3c(C)c4cc(c23)CCNC4=O)ccc1F. The lowest BCUT2D eigenvalue weighted by atomic mass is 9.89. The molecule has 3 aromatic carbocycles. The molecule has 1 heterocycles. The van der Waals surface area contributed by atoms with Crippen LogP contribution < -0.4 is 5.32 Å². The third kappa shape index (κ3) is 2.59. The Morgan fingerprint density at radius 1 is 1.08 bits per heavy atom. The van der Waals surface area contributed by atoms with Gasteiger partial charge in [-0.2, -0.15) is 0 Å². The summed E-state index contributed by atoms with van der Waals surface area (Å²) in [6.07, 6.45) is 0.754. The van der Waals surface area contributed by atoms with Gasteiger partial charge in [-0.15, -0.1) is 0 Å². The molecule has 2 bridgehead atoms. The van der Waals surface area contributed by atoms with Gasteiger partial charge in [-0.05, 0) is 89.2 Å². The van der Waals surface area contributed by atoms with Crippen molar-refractivity contribution in [3.8, 4) is 11.1 Å². The molecular weight excluding hydrogens is 337 g/mol. The maximum absolute atomic E-state index is 13.7. The first-order valence-corrected chi connectivity index (χ1v) is 8.64. The number of amides is 1. The lowest BCUT2D eigenvalue weighted by molar-refractivity contribution is 0.0955. The van der Waals surface area contributed by atoms with Crippen LogP contribution in [0, 0.1) is 19.7 Å². The third-order valence-electron chi connectivity index (χ3n) is 4.94. The van der Waals surface area contributed by atoms with Crippen LogP contribution in [0.15, 0.2) is 36.4 Å². The first kappa shape index (κ1) is 16.1. The number of carbonyl (C=O) groups is 1. The van der Waals surface area contributed by atoms with E-state index in [1.165, 1.54) is 6.07 Å². The molecule has 1 aliphatic rings. The molecule has 3 aromatic rings. The van der Waals surface area contributed by atoms with Gasteiger partial charge >= 0.3 is 0 Å². The van der Waals surface area contributed by atoms with E-state index in [1.54, 1.807) is 13.0 Å². The Morgan fingerprint density at radius 3 is 2.64 bits per heavy atom. The van der Waals surface area contributed by atoms with Gasteiger partial charge in [-0.1, -0.05) is 17.7 Å². The first-order chi connectivity index (χ1) is 12.0. The Bertz CT molecular complexity index is 1040. The van der Waals surface area contributed by atoms with E-state index in [1.807, 2.05) is 31.2 Å². The largest absolute Gasteiger partial charge is 0.352 e. The number of carbonyl (C=O) groups excluding carboxylic acids is 1. The standard InChI is InChI=1S/C21H17ClFNO/c1-11-7-13(3-4-19(11)23)18-10-15(22)9-16-12(2)17-8-14(20(16)18)5-6-24-21(17)25/h3-4,7-10H,5-6H2,1-2H3,(H,24,25). The molecule has 2 nitrogen and oxygen atoms in total. The molecule has 1 amide bonds. The fourth-order valence-corrected chi connectivity index (χ4v) is 3.85. The van der Waals surface area contributed by atoms with E-state index in [2.05, 4.69) is 5.32 Å². The van der Waals surface area contributed by atoms with Gasteiger partial charge in [-0.25, -0.2) is 4.39 Å². The van der Waals surface area contributed by atoms with Crippen LogP contribution in [0.2, 0.25) is 5.02 Å². The topological polar surface area (TPSA) is 29.1 Å². The third-order valence-corrected chi connectivity index (χ3v) is 5.16. The molecule has 0 radical (unpaired) electrons. The molecule has 1 N–H and O–H groups in total. The van der Waals surface area contributed by atoms with Crippen molar-refractivity contribution in [1.29, 1.82) is 0 Å². The van der Waals surface area contributed by atoms with Crippen molar-refractivity contribution >= 4 is 28.3 Å². The van der Waals surface area contributed by atoms with Crippen molar-refractivity contribution in [3.05, 3.63) is 69.5 Å². The van der Waals surface area contributed by atoms with Gasteiger partial charge in [0.05, 0.1) is 0 Å². The molecule has 0 aromatic heterocycles. The molecular formula is C21H17ClFNO. The Balaban J connectivity index is 2.11. The number of aryl methyl sites for hydroxylation is 2. The number of hydrogen-bond acceptors (Lipinski definition) is 1. The number of benzene rings is 3. The maximum Gasteiger partial charge on any atom is 0.251 e. The highest BCUT2D eigenvalue weighted by Gasteiger charge is 2.21. The predicted molar refractivity (Wildman–Crippen MR) is 99.9 cm³/mol. The Hall–Kier alpha value is -2.39. The van der Waals surface area contributed by atoms with E-state index in [-0.39, 0.29) is 11.7 Å². The average molecular weight is 354 g/mol. The molecule has 4 heteroatoms. The highest BCUT2D eigenvalue weighted by molar-refractivity contribution is 6.32. The Labute approximate surface area is 150 Å². The van der Waals surface area contributed by atoms with Crippen LogP contribution in [0.1, 0.15) is 27.0 Å². The van der Waals surface area contributed by atoms with Crippen LogP contribution in [-0.2, 0) is 6.42 Å². The van der Waals surface area contributed by atoms with Crippen LogP contribution in [0.25, 0.3) is 21.9 Å². The maximum atomic E-state index is 13.7. The van der Waals surface area contributed by atoms with E-state index in [0.717, 1.165) is 39.4 Å². The van der Waals surface area contributed by atoms with Gasteiger partial charge in [0.25, 0.3) is 5.91 Å². The van der Waals surface area contributed by atoms with E-state index in [0.29, 0.717) is 22.7 Å². The normalized spacial score (nSPS) is 13.7. The van der Waals surface area contributed by atoms with Gasteiger partial charge in [0, 0.05) is 17.1 Å². The molecule has 0 saturated heterocycles. The minimum Gasteiger partial charge on any atom is -0.352 e. The summed E-state index contributed by atoms with van der Waals surface area (Å²) in [5.74, 6) is -0.265. The smallest absolute Gasteiger partial charge is 0.251 e. The zero-order valence-electron chi connectivity index (χ0n) is 14.0. The zero-order valence-corrected chi connectivity index (χ0v) is 14.8. The summed E-state index contributed by atoms with van der Waals surface area (Å²) < 4.78 is 13.7. The van der Waals surface area contributed by atoms with Crippen molar-refractivity contribution in [1.82, 2.24) is 5.32 Å². The van der Waals surface area contributed by atoms with E-state index < -0.39 is 0 Å². The molecule has 0 spiro atoms. The molecule has 126 valence electrons.